The molecule has 2 aliphatic rings. The average molecular weight is 257 g/mol. The second-order valence-corrected chi connectivity index (χ2v) is 6.29. The van der Waals surface area contributed by atoms with Gasteiger partial charge in [0, 0.05) is 12.2 Å². The van der Waals surface area contributed by atoms with Crippen LogP contribution in [-0.4, -0.2) is 40.0 Å². The first kappa shape index (κ1) is 12.7. The third-order valence-electron chi connectivity index (χ3n) is 3.46. The van der Waals surface area contributed by atoms with Gasteiger partial charge in [0.2, 0.25) is 5.91 Å². The molecule has 2 aliphatic heterocycles. The van der Waals surface area contributed by atoms with E-state index in [0.717, 1.165) is 19.3 Å². The Kier molecular flexibility index (Phi) is 3.66. The Morgan fingerprint density at radius 1 is 1.65 bits per heavy atom. The Bertz CT molecular complexity index is 334. The van der Waals surface area contributed by atoms with Gasteiger partial charge in [0.25, 0.3) is 0 Å². The summed E-state index contributed by atoms with van der Waals surface area (Å²) >= 11 is 1.70. The zero-order chi connectivity index (χ0) is 12.5. The molecular weight excluding hydrogens is 238 g/mol. The zero-order valence-electron chi connectivity index (χ0n) is 10.4. The topological polar surface area (TPSA) is 46.6 Å². The van der Waals surface area contributed by atoms with E-state index in [-0.39, 0.29) is 22.8 Å². The van der Waals surface area contributed by atoms with E-state index in [2.05, 4.69) is 6.92 Å². The zero-order valence-corrected chi connectivity index (χ0v) is 11.2. The van der Waals surface area contributed by atoms with Crippen molar-refractivity contribution < 1.29 is 14.3 Å². The van der Waals surface area contributed by atoms with Crippen molar-refractivity contribution in [2.45, 2.75) is 50.4 Å². The molecule has 2 fully saturated rings. The van der Waals surface area contributed by atoms with Gasteiger partial charge in [0.05, 0.1) is 11.5 Å². The van der Waals surface area contributed by atoms with E-state index < -0.39 is 0 Å². The highest BCUT2D eigenvalue weighted by atomic mass is 32.2. The summed E-state index contributed by atoms with van der Waals surface area (Å²) in [7, 11) is 0. The van der Waals surface area contributed by atoms with Crippen LogP contribution in [0, 0.1) is 0 Å². The van der Waals surface area contributed by atoms with E-state index in [1.165, 1.54) is 0 Å². The van der Waals surface area contributed by atoms with Crippen molar-refractivity contribution in [3.05, 3.63) is 0 Å². The van der Waals surface area contributed by atoms with Gasteiger partial charge in [-0.15, -0.1) is 11.8 Å². The van der Waals surface area contributed by atoms with Crippen LogP contribution in [0.3, 0.4) is 0 Å². The molecule has 2 atom stereocenters. The van der Waals surface area contributed by atoms with Crippen LogP contribution in [-0.2, 0) is 14.3 Å². The molecular formula is C12H19NO3S. The van der Waals surface area contributed by atoms with Crippen LogP contribution in [0.25, 0.3) is 0 Å². The van der Waals surface area contributed by atoms with Crippen molar-refractivity contribution in [1.82, 2.24) is 4.90 Å². The summed E-state index contributed by atoms with van der Waals surface area (Å²) in [6, 6.07) is -0.364. The highest BCUT2D eigenvalue weighted by Crippen LogP contribution is 2.47. The summed E-state index contributed by atoms with van der Waals surface area (Å²) in [6.45, 7) is 4.57. The van der Waals surface area contributed by atoms with Crippen LogP contribution in [0.5, 0.6) is 0 Å². The summed E-state index contributed by atoms with van der Waals surface area (Å²) in [5.74, 6) is 0.535. The fourth-order valence-electron chi connectivity index (χ4n) is 2.41. The molecule has 2 saturated heterocycles. The van der Waals surface area contributed by atoms with Crippen LogP contribution in [0.4, 0.5) is 0 Å². The second kappa shape index (κ2) is 4.88. The van der Waals surface area contributed by atoms with Crippen molar-refractivity contribution in [2.24, 2.45) is 0 Å². The molecule has 0 N–H and O–H groups in total. The quantitative estimate of drug-likeness (QED) is 0.569. The number of ether oxygens (including phenoxy) is 1. The lowest BCUT2D eigenvalue weighted by Gasteiger charge is -2.29. The Hall–Kier alpha value is -0.710. The fraction of sp³-hybridized carbons (Fsp3) is 0.833. The molecule has 1 amide bonds. The first-order valence-corrected chi connectivity index (χ1v) is 7.20. The van der Waals surface area contributed by atoms with Crippen LogP contribution < -0.4 is 0 Å². The molecule has 0 saturated carbocycles. The van der Waals surface area contributed by atoms with Crippen LogP contribution in [0.15, 0.2) is 0 Å². The third kappa shape index (κ3) is 2.30. The van der Waals surface area contributed by atoms with Gasteiger partial charge in [-0.1, -0.05) is 13.3 Å². The summed E-state index contributed by atoms with van der Waals surface area (Å²) in [4.78, 5) is 25.3. The molecule has 5 heteroatoms. The number of carbonyl (C=O) groups is 2. The fourth-order valence-corrected chi connectivity index (χ4v) is 3.83. The molecule has 0 aliphatic carbocycles. The third-order valence-corrected chi connectivity index (χ3v) is 4.96. The number of thioether (sulfide) groups is 1. The molecule has 2 unspecified atom stereocenters. The number of unbranched alkanes of at least 4 members (excludes halogenated alkanes) is 1. The predicted octanol–water partition coefficient (Wildman–Crippen LogP) is 1.78. The van der Waals surface area contributed by atoms with Gasteiger partial charge in [0.1, 0.15) is 6.04 Å². The summed E-state index contributed by atoms with van der Waals surface area (Å²) < 4.78 is 5.22. The van der Waals surface area contributed by atoms with E-state index in [1.54, 1.807) is 16.7 Å². The molecule has 2 rings (SSSR count). The van der Waals surface area contributed by atoms with Gasteiger partial charge in [-0.3, -0.25) is 4.79 Å². The van der Waals surface area contributed by atoms with E-state index >= 15 is 0 Å². The van der Waals surface area contributed by atoms with Gasteiger partial charge >= 0.3 is 5.97 Å². The molecule has 2 heterocycles. The Morgan fingerprint density at radius 3 is 3.12 bits per heavy atom. The molecule has 0 aromatic carbocycles. The molecule has 0 spiro atoms. The average Bonchev–Trinajstić information content (AvgIpc) is 2.77. The van der Waals surface area contributed by atoms with E-state index in [1.807, 2.05) is 6.92 Å². The van der Waals surface area contributed by atoms with E-state index in [9.17, 15) is 9.59 Å². The van der Waals surface area contributed by atoms with Crippen LogP contribution >= 0.6 is 11.8 Å². The summed E-state index contributed by atoms with van der Waals surface area (Å²) in [5.41, 5.74) is 0. The molecule has 0 radical (unpaired) electrons. The number of hydrogen-bond acceptors (Lipinski definition) is 4. The molecule has 0 aromatic heterocycles. The van der Waals surface area contributed by atoms with Gasteiger partial charge in [-0.2, -0.15) is 0 Å². The summed E-state index contributed by atoms with van der Waals surface area (Å²) in [6.07, 6.45) is 3.29. The maximum Gasteiger partial charge on any atom is 0.329 e. The normalized spacial score (nSPS) is 31.8. The highest BCUT2D eigenvalue weighted by Gasteiger charge is 2.53. The smallest absolute Gasteiger partial charge is 0.329 e. The number of nitrogens with zero attached hydrogens (tertiary/aromatic N) is 1. The maximum atomic E-state index is 11.9. The molecule has 96 valence electrons. The minimum Gasteiger partial charge on any atom is -0.464 e. The summed E-state index contributed by atoms with van der Waals surface area (Å²) in [5, 5.41) is 0. The van der Waals surface area contributed by atoms with E-state index in [0.29, 0.717) is 18.8 Å². The molecule has 0 bridgehead atoms. The maximum absolute atomic E-state index is 11.9. The number of carbonyl (C=O) groups excluding carboxylic acids is 2. The van der Waals surface area contributed by atoms with Gasteiger partial charge < -0.3 is 9.64 Å². The predicted molar refractivity (Wildman–Crippen MR) is 66.6 cm³/mol. The Labute approximate surface area is 106 Å². The lowest BCUT2D eigenvalue weighted by Crippen LogP contribution is -2.46. The minimum atomic E-state index is -0.364. The van der Waals surface area contributed by atoms with Gasteiger partial charge in [-0.25, -0.2) is 4.79 Å². The monoisotopic (exact) mass is 257 g/mol. The van der Waals surface area contributed by atoms with Gasteiger partial charge in [-0.05, 0) is 19.8 Å². The van der Waals surface area contributed by atoms with Crippen molar-refractivity contribution in [1.29, 1.82) is 0 Å². The Balaban J connectivity index is 1.98. The van der Waals surface area contributed by atoms with Crippen LogP contribution in [0.1, 0.15) is 39.5 Å². The van der Waals surface area contributed by atoms with E-state index in [4.69, 9.17) is 4.74 Å². The first-order chi connectivity index (χ1) is 8.08. The SMILES string of the molecule is CCCCOC(=O)C1CSC2(C)CCC(=O)N12. The van der Waals surface area contributed by atoms with Crippen molar-refractivity contribution in [2.75, 3.05) is 12.4 Å². The lowest BCUT2D eigenvalue weighted by atomic mass is 10.2. The van der Waals surface area contributed by atoms with Crippen LogP contribution in [0.2, 0.25) is 0 Å². The second-order valence-electron chi connectivity index (χ2n) is 4.79. The molecule has 17 heavy (non-hydrogen) atoms. The highest BCUT2D eigenvalue weighted by molar-refractivity contribution is 8.01. The Morgan fingerprint density at radius 2 is 2.41 bits per heavy atom. The molecule has 0 aromatic rings. The number of fused-ring (bicyclic) bond motifs is 1. The number of esters is 1. The number of hydrogen-bond donors (Lipinski definition) is 0. The number of rotatable bonds is 4. The standard InChI is InChI=1S/C12H19NO3S/c1-3-4-7-16-11(15)9-8-17-12(2)6-5-10(14)13(9)12/h9H,3-8H2,1-2H3. The largest absolute Gasteiger partial charge is 0.464 e. The van der Waals surface area contributed by atoms with Crippen molar-refractivity contribution >= 4 is 23.6 Å². The minimum absolute atomic E-state index is 0.0925. The molecule has 4 nitrogen and oxygen atoms in total. The first-order valence-electron chi connectivity index (χ1n) is 6.21. The van der Waals surface area contributed by atoms with Crippen molar-refractivity contribution in [3.8, 4) is 0 Å². The number of amides is 1. The van der Waals surface area contributed by atoms with Gasteiger partial charge in [0.15, 0.2) is 0 Å². The van der Waals surface area contributed by atoms with Crippen molar-refractivity contribution in [3.63, 3.8) is 0 Å². The lowest BCUT2D eigenvalue weighted by molar-refractivity contribution is -0.153.